The zero-order valence-electron chi connectivity index (χ0n) is 26.3. The summed E-state index contributed by atoms with van der Waals surface area (Å²) in [7, 11) is 4.11. The molecule has 0 amide bonds. The Balaban J connectivity index is 1.51. The Bertz CT molecular complexity index is 1880. The van der Waals surface area contributed by atoms with Gasteiger partial charge in [-0.05, 0) is 111 Å². The number of nitrogens with zero attached hydrogens (tertiary/aromatic N) is 3. The van der Waals surface area contributed by atoms with Crippen LogP contribution in [0.5, 0.6) is 0 Å². The lowest BCUT2D eigenvalue weighted by Gasteiger charge is -2.14. The highest BCUT2D eigenvalue weighted by Crippen LogP contribution is 2.35. The van der Waals surface area contributed by atoms with Gasteiger partial charge in [0.05, 0.1) is 23.1 Å². The largest absolute Gasteiger partial charge is 0.359 e. The molecule has 0 radical (unpaired) electrons. The van der Waals surface area contributed by atoms with Crippen molar-refractivity contribution in [2.24, 2.45) is 5.92 Å². The molecule has 0 aliphatic rings. The van der Waals surface area contributed by atoms with E-state index < -0.39 is 0 Å². The number of halogens is 1. The molecule has 3 heterocycles. The minimum Gasteiger partial charge on any atom is -0.359 e. The average molecular weight is 589 g/mol. The highest BCUT2D eigenvalue weighted by molar-refractivity contribution is 6.01. The van der Waals surface area contributed by atoms with Crippen LogP contribution in [0.1, 0.15) is 38.4 Å². The van der Waals surface area contributed by atoms with Gasteiger partial charge in [0, 0.05) is 27.7 Å². The van der Waals surface area contributed by atoms with Crippen molar-refractivity contribution in [3.63, 3.8) is 0 Å². The monoisotopic (exact) mass is 588 g/mol. The van der Waals surface area contributed by atoms with E-state index in [4.69, 9.17) is 4.98 Å². The lowest BCUT2D eigenvalue weighted by Crippen LogP contribution is -2.14. The first kappa shape index (κ1) is 30.7. The van der Waals surface area contributed by atoms with Crippen LogP contribution in [0, 0.1) is 11.7 Å². The Hall–Kier alpha value is -4.75. The molecule has 7 heteroatoms. The summed E-state index contributed by atoms with van der Waals surface area (Å²) in [6.07, 6.45) is 9.45. The maximum absolute atomic E-state index is 14.8. The quantitative estimate of drug-likeness (QED) is 0.128. The molecule has 0 saturated heterocycles. The van der Waals surface area contributed by atoms with Crippen LogP contribution in [-0.4, -0.2) is 45.7 Å². The van der Waals surface area contributed by atoms with Gasteiger partial charge in [0.15, 0.2) is 0 Å². The summed E-state index contributed by atoms with van der Waals surface area (Å²) in [6.45, 7) is 15.2. The number of fused-ring (bicyclic) bond motifs is 2. The van der Waals surface area contributed by atoms with E-state index >= 15 is 0 Å². The number of rotatable bonds is 12. The van der Waals surface area contributed by atoms with Crippen LogP contribution in [0.4, 0.5) is 4.39 Å². The average Bonchev–Trinajstić information content (AvgIpc) is 3.62. The summed E-state index contributed by atoms with van der Waals surface area (Å²) in [5, 5.41) is 13.1. The number of H-pyrrole nitrogens is 2. The summed E-state index contributed by atoms with van der Waals surface area (Å²) < 4.78 is 14.8. The van der Waals surface area contributed by atoms with Crippen molar-refractivity contribution in [3.05, 3.63) is 115 Å². The summed E-state index contributed by atoms with van der Waals surface area (Å²) >= 11 is 0. The second-order valence-electron chi connectivity index (χ2n) is 11.7. The lowest BCUT2D eigenvalue weighted by molar-refractivity contribution is 0.400. The van der Waals surface area contributed by atoms with Gasteiger partial charge >= 0.3 is 0 Å². The van der Waals surface area contributed by atoms with Crippen molar-refractivity contribution in [2.45, 2.75) is 33.6 Å². The Morgan fingerprint density at radius 1 is 1.09 bits per heavy atom. The van der Waals surface area contributed by atoms with Crippen molar-refractivity contribution in [1.29, 1.82) is 0 Å². The number of hydrogen-bond donors (Lipinski definition) is 3. The Kier molecular flexibility index (Phi) is 9.26. The number of aryl methyl sites for hydroxylation is 1. The van der Waals surface area contributed by atoms with Crippen molar-refractivity contribution < 1.29 is 4.39 Å². The first-order chi connectivity index (χ1) is 21.2. The standard InChI is InChI=1S/C37H41FN6/c1-8-26(19-29(9-2)40-24(5)23(3)4)34-21-32-36(22-39-34)42-43-37(32)35-20-31-30(13-10-14-33(31)41-35)27-16-25(17-28(38)18-27)12-11-15-44(6)7/h8-10,13-14,16-23,40-41H,2,5,11-12,15H2,1,3-4,6-7H3,(H,42,43)/b26-8+,29-19+. The van der Waals surface area contributed by atoms with Gasteiger partial charge in [0.1, 0.15) is 11.5 Å². The van der Waals surface area contributed by atoms with Gasteiger partial charge in [-0.3, -0.25) is 10.1 Å². The molecule has 3 N–H and O–H groups in total. The Morgan fingerprint density at radius 3 is 2.64 bits per heavy atom. The van der Waals surface area contributed by atoms with Crippen LogP contribution in [0.25, 0.3) is 49.9 Å². The second kappa shape index (κ2) is 13.3. The predicted molar refractivity (Wildman–Crippen MR) is 182 cm³/mol. The van der Waals surface area contributed by atoms with Crippen LogP contribution in [-0.2, 0) is 6.42 Å². The maximum Gasteiger partial charge on any atom is 0.124 e. The molecule has 0 spiro atoms. The molecule has 3 aromatic heterocycles. The predicted octanol–water partition coefficient (Wildman–Crippen LogP) is 8.64. The van der Waals surface area contributed by atoms with E-state index in [1.807, 2.05) is 43.5 Å². The van der Waals surface area contributed by atoms with E-state index in [1.54, 1.807) is 18.2 Å². The number of pyridine rings is 1. The van der Waals surface area contributed by atoms with Crippen LogP contribution < -0.4 is 5.32 Å². The molecule has 0 atom stereocenters. The molecule has 226 valence electrons. The van der Waals surface area contributed by atoms with Gasteiger partial charge in [0.25, 0.3) is 0 Å². The molecule has 44 heavy (non-hydrogen) atoms. The molecule has 5 aromatic rings. The molecule has 0 fully saturated rings. The van der Waals surface area contributed by atoms with Gasteiger partial charge in [-0.25, -0.2) is 4.39 Å². The van der Waals surface area contributed by atoms with Crippen molar-refractivity contribution in [2.75, 3.05) is 20.6 Å². The van der Waals surface area contributed by atoms with E-state index in [0.717, 1.165) is 91.9 Å². The Labute approximate surface area is 259 Å². The fourth-order valence-corrected chi connectivity index (χ4v) is 5.31. The normalized spacial score (nSPS) is 12.5. The number of aromatic nitrogens is 4. The fraction of sp³-hybridized carbons (Fsp3) is 0.243. The third kappa shape index (κ3) is 6.74. The van der Waals surface area contributed by atoms with Crippen LogP contribution in [0.15, 0.2) is 97.5 Å². The molecule has 0 bridgehead atoms. The van der Waals surface area contributed by atoms with Crippen molar-refractivity contribution >= 4 is 27.4 Å². The van der Waals surface area contributed by atoms with E-state index in [2.05, 4.69) is 84.7 Å². The van der Waals surface area contributed by atoms with E-state index in [-0.39, 0.29) is 5.82 Å². The number of benzene rings is 2. The van der Waals surface area contributed by atoms with Gasteiger partial charge in [0.2, 0.25) is 0 Å². The molecular formula is C37H41FN6. The van der Waals surface area contributed by atoms with Crippen molar-refractivity contribution in [1.82, 2.24) is 30.4 Å². The van der Waals surface area contributed by atoms with E-state index in [1.165, 1.54) is 0 Å². The molecule has 5 rings (SSSR count). The van der Waals surface area contributed by atoms with Gasteiger partial charge in [-0.2, -0.15) is 5.10 Å². The highest BCUT2D eigenvalue weighted by atomic mass is 19.1. The molecule has 2 aromatic carbocycles. The topological polar surface area (TPSA) is 72.6 Å². The fourth-order valence-electron chi connectivity index (χ4n) is 5.31. The molecule has 0 aliphatic carbocycles. The molecular weight excluding hydrogens is 547 g/mol. The number of hydrogen-bond acceptors (Lipinski definition) is 4. The zero-order chi connectivity index (χ0) is 31.4. The minimum atomic E-state index is -0.217. The first-order valence-electron chi connectivity index (χ1n) is 15.0. The summed E-state index contributed by atoms with van der Waals surface area (Å²) in [5.41, 5.74) is 9.87. The van der Waals surface area contributed by atoms with E-state index in [0.29, 0.717) is 5.92 Å². The second-order valence-corrected chi connectivity index (χ2v) is 11.7. The van der Waals surface area contributed by atoms with Crippen LogP contribution >= 0.6 is 0 Å². The molecule has 0 saturated carbocycles. The maximum atomic E-state index is 14.8. The van der Waals surface area contributed by atoms with Gasteiger partial charge < -0.3 is 15.2 Å². The first-order valence-corrected chi connectivity index (χ1v) is 15.0. The molecule has 6 nitrogen and oxygen atoms in total. The third-order valence-electron chi connectivity index (χ3n) is 7.85. The summed E-state index contributed by atoms with van der Waals surface area (Å²) in [5.74, 6) is 0.0776. The van der Waals surface area contributed by atoms with E-state index in [9.17, 15) is 4.39 Å². The van der Waals surface area contributed by atoms with Crippen LogP contribution in [0.3, 0.4) is 0 Å². The number of allylic oxidation sites excluding steroid dienone is 5. The minimum absolute atomic E-state index is 0.217. The lowest BCUT2D eigenvalue weighted by atomic mass is 9.98. The molecule has 0 unspecified atom stereocenters. The van der Waals surface area contributed by atoms with Gasteiger partial charge in [-0.1, -0.05) is 51.3 Å². The third-order valence-corrected chi connectivity index (χ3v) is 7.85. The SMILES string of the molecule is C=C/C(=C\C(=C/C)c1cc2c(-c3cc4c(-c5cc(F)cc(CCCN(C)C)c5)cccc4[nH]3)n[nH]c2cn1)NC(=C)C(C)C. The summed E-state index contributed by atoms with van der Waals surface area (Å²) in [4.78, 5) is 10.4. The van der Waals surface area contributed by atoms with Crippen LogP contribution in [0.2, 0.25) is 0 Å². The zero-order valence-corrected chi connectivity index (χ0v) is 26.3. The smallest absolute Gasteiger partial charge is 0.124 e. The number of aromatic amines is 2. The van der Waals surface area contributed by atoms with Crippen molar-refractivity contribution in [3.8, 4) is 22.5 Å². The summed E-state index contributed by atoms with van der Waals surface area (Å²) in [6, 6.07) is 15.6. The Morgan fingerprint density at radius 2 is 1.91 bits per heavy atom. The highest BCUT2D eigenvalue weighted by Gasteiger charge is 2.16. The molecule has 0 aliphatic heterocycles. The number of nitrogens with one attached hydrogen (secondary N) is 3. The van der Waals surface area contributed by atoms with Gasteiger partial charge in [-0.15, -0.1) is 0 Å².